The second-order valence-electron chi connectivity index (χ2n) is 29.4. The third kappa shape index (κ3) is 73.0. The van der Waals surface area contributed by atoms with Crippen LogP contribution >= 0.6 is 15.6 Å². The zero-order chi connectivity index (χ0) is 73.4. The highest BCUT2D eigenvalue weighted by Gasteiger charge is 2.30. The number of hydrogen-bond donors (Lipinski definition) is 3. The van der Waals surface area contributed by atoms with Gasteiger partial charge in [0.05, 0.1) is 26.4 Å². The van der Waals surface area contributed by atoms with Gasteiger partial charge < -0.3 is 33.8 Å². The minimum absolute atomic E-state index is 0.108. The minimum atomic E-state index is -4.96. The van der Waals surface area contributed by atoms with Crippen LogP contribution in [-0.4, -0.2) is 96.7 Å². The van der Waals surface area contributed by atoms with Crippen molar-refractivity contribution in [2.24, 2.45) is 5.92 Å². The van der Waals surface area contributed by atoms with Gasteiger partial charge in [-0.15, -0.1) is 0 Å². The second kappa shape index (κ2) is 73.9. The van der Waals surface area contributed by atoms with Crippen LogP contribution in [0.2, 0.25) is 0 Å². The molecule has 0 aromatic carbocycles. The molecule has 19 heteroatoms. The van der Waals surface area contributed by atoms with Gasteiger partial charge in [0, 0.05) is 25.7 Å². The molecule has 0 aliphatic carbocycles. The quantitative estimate of drug-likeness (QED) is 0.0222. The number of esters is 4. The number of aliphatic hydroxyl groups excluding tert-OH is 1. The zero-order valence-corrected chi connectivity index (χ0v) is 67.1. The number of aliphatic hydroxyl groups is 1. The van der Waals surface area contributed by atoms with E-state index in [0.29, 0.717) is 25.7 Å². The van der Waals surface area contributed by atoms with E-state index in [1.807, 2.05) is 0 Å². The summed E-state index contributed by atoms with van der Waals surface area (Å²) in [5.41, 5.74) is 0. The maximum atomic E-state index is 13.1. The van der Waals surface area contributed by atoms with Gasteiger partial charge in [0.15, 0.2) is 12.2 Å². The molecule has 3 N–H and O–H groups in total. The van der Waals surface area contributed by atoms with Gasteiger partial charge in [0.25, 0.3) is 0 Å². The average molecular weight is 1470 g/mol. The molecule has 100 heavy (non-hydrogen) atoms. The molecule has 6 atom stereocenters. The van der Waals surface area contributed by atoms with Gasteiger partial charge in [-0.2, -0.15) is 0 Å². The third-order valence-electron chi connectivity index (χ3n) is 19.4. The first-order chi connectivity index (χ1) is 48.6. The van der Waals surface area contributed by atoms with Crippen LogP contribution in [0, 0.1) is 5.92 Å². The van der Waals surface area contributed by atoms with Crippen LogP contribution in [0.5, 0.6) is 0 Å². The molecule has 0 radical (unpaired) electrons. The summed E-state index contributed by atoms with van der Waals surface area (Å²) in [6, 6.07) is 0. The Morgan fingerprint density at radius 2 is 0.480 bits per heavy atom. The molecule has 0 amide bonds. The van der Waals surface area contributed by atoms with E-state index in [0.717, 1.165) is 109 Å². The summed E-state index contributed by atoms with van der Waals surface area (Å²) in [5.74, 6) is -1.24. The largest absolute Gasteiger partial charge is 0.472 e. The fourth-order valence-corrected chi connectivity index (χ4v) is 14.1. The molecule has 0 aromatic rings. The number of hydrogen-bond acceptors (Lipinski definition) is 15. The molecule has 0 bridgehead atoms. The molecule has 0 saturated heterocycles. The maximum absolute atomic E-state index is 13.1. The van der Waals surface area contributed by atoms with Crippen molar-refractivity contribution < 1.29 is 80.2 Å². The van der Waals surface area contributed by atoms with E-state index < -0.39 is 97.5 Å². The Bertz CT molecular complexity index is 1910. The number of carbonyl (C=O) groups is 4. The lowest BCUT2D eigenvalue weighted by Crippen LogP contribution is -2.30. The second-order valence-corrected chi connectivity index (χ2v) is 32.3. The number of unbranched alkanes of at least 4 members (excludes halogenated alkanes) is 52. The Morgan fingerprint density at radius 3 is 0.710 bits per heavy atom. The molecule has 3 unspecified atom stereocenters. The highest BCUT2D eigenvalue weighted by molar-refractivity contribution is 7.47. The van der Waals surface area contributed by atoms with Crippen molar-refractivity contribution in [1.82, 2.24) is 0 Å². The van der Waals surface area contributed by atoms with Crippen molar-refractivity contribution >= 4 is 39.5 Å². The van der Waals surface area contributed by atoms with E-state index in [1.54, 1.807) is 0 Å². The average Bonchev–Trinajstić information content (AvgIpc) is 0.919. The smallest absolute Gasteiger partial charge is 0.462 e. The molecule has 0 rings (SSSR count). The molecule has 0 heterocycles. The van der Waals surface area contributed by atoms with Crippen LogP contribution in [0.3, 0.4) is 0 Å². The lowest BCUT2D eigenvalue weighted by molar-refractivity contribution is -0.161. The predicted molar refractivity (Wildman–Crippen MR) is 409 cm³/mol. The van der Waals surface area contributed by atoms with Crippen LogP contribution in [0.25, 0.3) is 0 Å². The SMILES string of the molecule is CCCCCCCCCCCCCCCCCCC(=O)OC[C@H](COP(=O)(O)OC[C@@H](O)COP(=O)(O)OC[C@@H](COC(=O)CCCCCCCCC)OC(=O)CCCCCCCCCCCCCCCCC)OC(=O)CCCCCCCCCCCCCCCCCCCCC(C)CC. The van der Waals surface area contributed by atoms with Crippen LogP contribution in [0.15, 0.2) is 0 Å². The van der Waals surface area contributed by atoms with Gasteiger partial charge in [-0.25, -0.2) is 9.13 Å². The Morgan fingerprint density at radius 1 is 0.280 bits per heavy atom. The van der Waals surface area contributed by atoms with Crippen molar-refractivity contribution in [3.63, 3.8) is 0 Å². The Balaban J connectivity index is 5.16. The normalized spacial score (nSPS) is 14.1. The highest BCUT2D eigenvalue weighted by atomic mass is 31.2. The van der Waals surface area contributed by atoms with Crippen LogP contribution in [0.1, 0.15) is 433 Å². The van der Waals surface area contributed by atoms with Crippen molar-refractivity contribution in [2.75, 3.05) is 39.6 Å². The molecule has 0 aliphatic heterocycles. The summed E-state index contributed by atoms with van der Waals surface area (Å²) in [7, 11) is -9.91. The molecular formula is C81H158O17P2. The number of rotatable bonds is 81. The topological polar surface area (TPSA) is 237 Å². The Hall–Kier alpha value is -1.94. The van der Waals surface area contributed by atoms with E-state index in [-0.39, 0.29) is 25.7 Å². The molecule has 0 aliphatic rings. The van der Waals surface area contributed by atoms with E-state index in [2.05, 4.69) is 34.6 Å². The number of phosphoric ester groups is 2. The zero-order valence-electron chi connectivity index (χ0n) is 65.3. The molecular weight excluding hydrogens is 1310 g/mol. The van der Waals surface area contributed by atoms with E-state index in [1.165, 1.54) is 244 Å². The van der Waals surface area contributed by atoms with Gasteiger partial charge in [0.1, 0.15) is 19.3 Å². The standard InChI is InChI=1S/C81H158O17P2/c1-6-10-13-16-19-21-23-25-27-34-37-41-45-50-55-60-65-79(84)92-71-77(98-81(86)67-62-57-52-47-43-39-35-31-29-28-30-33-36-40-44-49-53-58-63-74(5)9-4)73-96-100(89,90)94-69-75(82)68-93-99(87,88)95-72-76(70-91-78(83)64-59-54-48-18-15-12-8-3)97-80(85)66-61-56-51-46-42-38-32-26-24-22-20-17-14-11-7-2/h74-77,82H,6-73H2,1-5H3,(H,87,88)(H,89,90)/t74?,75-,76+,77+/m0/s1. The molecule has 0 fully saturated rings. The molecule has 0 aromatic heterocycles. The van der Waals surface area contributed by atoms with Crippen LogP contribution < -0.4 is 0 Å². The van der Waals surface area contributed by atoms with Gasteiger partial charge in [0.2, 0.25) is 0 Å². The summed E-state index contributed by atoms with van der Waals surface area (Å²) in [6.45, 7) is 7.36. The van der Waals surface area contributed by atoms with Crippen molar-refractivity contribution in [2.45, 2.75) is 451 Å². The fraction of sp³-hybridized carbons (Fsp3) is 0.951. The van der Waals surface area contributed by atoms with Crippen molar-refractivity contribution in [3.8, 4) is 0 Å². The van der Waals surface area contributed by atoms with E-state index in [4.69, 9.17) is 37.0 Å². The van der Waals surface area contributed by atoms with E-state index >= 15 is 0 Å². The van der Waals surface area contributed by atoms with Crippen LogP contribution in [0.4, 0.5) is 0 Å². The van der Waals surface area contributed by atoms with Crippen molar-refractivity contribution in [3.05, 3.63) is 0 Å². The molecule has 0 spiro atoms. The van der Waals surface area contributed by atoms with Crippen LogP contribution in [-0.2, 0) is 65.4 Å². The van der Waals surface area contributed by atoms with Gasteiger partial charge in [-0.05, 0) is 31.6 Å². The molecule has 0 saturated carbocycles. The number of carbonyl (C=O) groups excluding carboxylic acids is 4. The van der Waals surface area contributed by atoms with Crippen molar-refractivity contribution in [1.29, 1.82) is 0 Å². The monoisotopic (exact) mass is 1470 g/mol. The molecule has 594 valence electrons. The summed E-state index contributed by atoms with van der Waals surface area (Å²) in [6.07, 6.45) is 65.3. The number of phosphoric acid groups is 2. The van der Waals surface area contributed by atoms with Gasteiger partial charge >= 0.3 is 39.5 Å². The number of ether oxygens (including phenoxy) is 4. The lowest BCUT2D eigenvalue weighted by Gasteiger charge is -2.21. The maximum Gasteiger partial charge on any atom is 0.472 e. The first-order valence-corrected chi connectivity index (χ1v) is 45.2. The first kappa shape index (κ1) is 98.1. The fourth-order valence-electron chi connectivity index (χ4n) is 12.6. The summed E-state index contributed by atoms with van der Waals surface area (Å²) in [5, 5.41) is 10.6. The highest BCUT2D eigenvalue weighted by Crippen LogP contribution is 2.45. The first-order valence-electron chi connectivity index (χ1n) is 42.2. The lowest BCUT2D eigenvalue weighted by atomic mass is 9.99. The Labute approximate surface area is 613 Å². The van der Waals surface area contributed by atoms with Gasteiger partial charge in [-0.1, -0.05) is 381 Å². The van der Waals surface area contributed by atoms with E-state index in [9.17, 15) is 43.2 Å². The summed E-state index contributed by atoms with van der Waals surface area (Å²) < 4.78 is 68.6. The summed E-state index contributed by atoms with van der Waals surface area (Å²) in [4.78, 5) is 72.9. The minimum Gasteiger partial charge on any atom is -0.462 e. The Kier molecular flexibility index (Phi) is 72.5. The molecule has 17 nitrogen and oxygen atoms in total. The predicted octanol–water partition coefficient (Wildman–Crippen LogP) is 24.4. The van der Waals surface area contributed by atoms with Gasteiger partial charge in [-0.3, -0.25) is 37.3 Å². The third-order valence-corrected chi connectivity index (χ3v) is 21.3. The summed E-state index contributed by atoms with van der Waals surface area (Å²) >= 11 is 0.